The Hall–Kier alpha value is -1.99. The highest BCUT2D eigenvalue weighted by Gasteiger charge is 2.33. The van der Waals surface area contributed by atoms with Crippen molar-refractivity contribution < 1.29 is 9.21 Å². The second-order valence-electron chi connectivity index (χ2n) is 6.07. The summed E-state index contributed by atoms with van der Waals surface area (Å²) in [7, 11) is 0. The van der Waals surface area contributed by atoms with Crippen molar-refractivity contribution in [3.05, 3.63) is 81.9 Å². The number of thiocarbonyl (C=S) groups is 1. The summed E-state index contributed by atoms with van der Waals surface area (Å²) in [5, 5.41) is 1.32. The van der Waals surface area contributed by atoms with Crippen molar-refractivity contribution in [1.29, 1.82) is 0 Å². The lowest BCUT2D eigenvalue weighted by Gasteiger charge is -2.14. The van der Waals surface area contributed by atoms with Gasteiger partial charge in [-0.05, 0) is 49.4 Å². The van der Waals surface area contributed by atoms with E-state index in [4.69, 9.17) is 28.2 Å². The molecule has 0 saturated carbocycles. The molecule has 1 aliphatic heterocycles. The maximum atomic E-state index is 12.8. The number of benzene rings is 2. The second kappa shape index (κ2) is 8.17. The minimum absolute atomic E-state index is 0.179. The standard InChI is InChI=1S/C21H14ClNO2S3/c1-13-5-8-17(9-6-13)27-19-10-7-16(25-19)12-18-20(24)23(21(26)28-18)15-4-2-3-14(22)11-15/h2-12H,1H3/b18-12+. The summed E-state index contributed by atoms with van der Waals surface area (Å²) in [6.07, 6.45) is 1.73. The quantitative estimate of drug-likeness (QED) is 0.327. The fourth-order valence-corrected chi connectivity index (χ4v) is 4.87. The van der Waals surface area contributed by atoms with Crippen molar-refractivity contribution in [2.75, 3.05) is 4.90 Å². The number of aryl methyl sites for hydroxylation is 1. The third-order valence-corrected chi connectivity index (χ3v) is 6.44. The van der Waals surface area contributed by atoms with E-state index in [1.807, 2.05) is 18.2 Å². The van der Waals surface area contributed by atoms with E-state index in [-0.39, 0.29) is 5.91 Å². The number of hydrogen-bond donors (Lipinski definition) is 0. The number of carbonyl (C=O) groups excluding carboxylic acids is 1. The van der Waals surface area contributed by atoms with Crippen LogP contribution in [-0.2, 0) is 4.79 Å². The van der Waals surface area contributed by atoms with Gasteiger partial charge >= 0.3 is 0 Å². The van der Waals surface area contributed by atoms with Crippen LogP contribution in [-0.4, -0.2) is 10.2 Å². The van der Waals surface area contributed by atoms with Crippen LogP contribution >= 0.6 is 47.3 Å². The number of rotatable bonds is 4. The van der Waals surface area contributed by atoms with E-state index in [1.165, 1.54) is 34.0 Å². The number of hydrogen-bond acceptors (Lipinski definition) is 5. The Morgan fingerprint density at radius 1 is 1.14 bits per heavy atom. The Morgan fingerprint density at radius 2 is 1.93 bits per heavy atom. The number of nitrogens with zero attached hydrogens (tertiary/aromatic N) is 1. The monoisotopic (exact) mass is 443 g/mol. The Balaban J connectivity index is 1.53. The first-order chi connectivity index (χ1) is 13.5. The molecule has 4 rings (SSSR count). The smallest absolute Gasteiger partial charge is 0.270 e. The number of furan rings is 1. The van der Waals surface area contributed by atoms with Crippen LogP contribution in [0.15, 0.2) is 80.0 Å². The molecular weight excluding hydrogens is 430 g/mol. The average molecular weight is 444 g/mol. The van der Waals surface area contributed by atoms with Crippen molar-refractivity contribution in [3.63, 3.8) is 0 Å². The third kappa shape index (κ3) is 4.20. The molecular formula is C21H14ClNO2S3. The summed E-state index contributed by atoms with van der Waals surface area (Å²) in [5.41, 5.74) is 1.87. The van der Waals surface area contributed by atoms with Gasteiger partial charge in [-0.3, -0.25) is 9.69 Å². The predicted molar refractivity (Wildman–Crippen MR) is 121 cm³/mol. The first kappa shape index (κ1) is 19.3. The molecule has 0 bridgehead atoms. The topological polar surface area (TPSA) is 33.5 Å². The molecule has 0 aliphatic carbocycles. The summed E-state index contributed by atoms with van der Waals surface area (Å²) in [4.78, 5) is 15.9. The normalized spacial score (nSPS) is 15.6. The van der Waals surface area contributed by atoms with Crippen molar-refractivity contribution in [1.82, 2.24) is 0 Å². The highest BCUT2D eigenvalue weighted by molar-refractivity contribution is 8.27. The summed E-state index contributed by atoms with van der Waals surface area (Å²) in [6.45, 7) is 2.05. The van der Waals surface area contributed by atoms with Gasteiger partial charge in [-0.1, -0.05) is 71.1 Å². The van der Waals surface area contributed by atoms with Gasteiger partial charge in [0.25, 0.3) is 5.91 Å². The van der Waals surface area contributed by atoms with Gasteiger partial charge in [-0.15, -0.1) is 0 Å². The van der Waals surface area contributed by atoms with Crippen molar-refractivity contribution in [3.8, 4) is 0 Å². The van der Waals surface area contributed by atoms with Gasteiger partial charge in [-0.25, -0.2) is 0 Å². The molecule has 3 aromatic rings. The van der Waals surface area contributed by atoms with Crippen LogP contribution < -0.4 is 4.90 Å². The van der Waals surface area contributed by atoms with Gasteiger partial charge in [0.15, 0.2) is 9.41 Å². The van der Waals surface area contributed by atoms with E-state index in [1.54, 1.807) is 24.3 Å². The fraction of sp³-hybridized carbons (Fsp3) is 0.0476. The zero-order valence-electron chi connectivity index (χ0n) is 14.7. The maximum absolute atomic E-state index is 12.8. The number of thioether (sulfide) groups is 1. The maximum Gasteiger partial charge on any atom is 0.270 e. The lowest BCUT2D eigenvalue weighted by Crippen LogP contribution is -2.27. The van der Waals surface area contributed by atoms with Crippen LogP contribution in [0.5, 0.6) is 0 Å². The summed E-state index contributed by atoms with van der Waals surface area (Å²) >= 11 is 14.2. The molecule has 0 unspecified atom stereocenters. The number of anilines is 1. The van der Waals surface area contributed by atoms with E-state index >= 15 is 0 Å². The molecule has 1 saturated heterocycles. The van der Waals surface area contributed by atoms with Gasteiger partial charge in [0, 0.05) is 16.0 Å². The van der Waals surface area contributed by atoms with Gasteiger partial charge < -0.3 is 4.42 Å². The van der Waals surface area contributed by atoms with Crippen molar-refractivity contribution in [2.24, 2.45) is 0 Å². The summed E-state index contributed by atoms with van der Waals surface area (Å²) in [6, 6.07) is 19.1. The average Bonchev–Trinajstić information content (AvgIpc) is 3.21. The van der Waals surface area contributed by atoms with Crippen molar-refractivity contribution in [2.45, 2.75) is 16.9 Å². The molecule has 28 heavy (non-hydrogen) atoms. The van der Waals surface area contributed by atoms with Gasteiger partial charge in [-0.2, -0.15) is 0 Å². The highest BCUT2D eigenvalue weighted by Crippen LogP contribution is 2.37. The molecule has 1 fully saturated rings. The Labute approximate surface area is 181 Å². The lowest BCUT2D eigenvalue weighted by atomic mass is 10.2. The Bertz CT molecular complexity index is 1090. The Morgan fingerprint density at radius 3 is 2.68 bits per heavy atom. The summed E-state index contributed by atoms with van der Waals surface area (Å²) < 4.78 is 6.33. The molecule has 0 spiro atoms. The van der Waals surface area contributed by atoms with Crippen LogP contribution in [0.4, 0.5) is 5.69 Å². The molecule has 2 heterocycles. The first-order valence-electron chi connectivity index (χ1n) is 8.37. The minimum Gasteiger partial charge on any atom is -0.450 e. The molecule has 1 aromatic heterocycles. The first-order valence-corrected chi connectivity index (χ1v) is 10.8. The molecule has 2 aromatic carbocycles. The van der Waals surface area contributed by atoms with Crippen LogP contribution in [0.2, 0.25) is 5.02 Å². The fourth-order valence-electron chi connectivity index (χ4n) is 2.62. The van der Waals surface area contributed by atoms with Gasteiger partial charge in [0.05, 0.1) is 10.6 Å². The molecule has 140 valence electrons. The van der Waals surface area contributed by atoms with Crippen molar-refractivity contribution >= 4 is 69.3 Å². The van der Waals surface area contributed by atoms with Gasteiger partial charge in [0.1, 0.15) is 5.76 Å². The van der Waals surface area contributed by atoms with Crippen LogP contribution in [0.1, 0.15) is 11.3 Å². The summed E-state index contributed by atoms with van der Waals surface area (Å²) in [5.74, 6) is 0.433. The minimum atomic E-state index is -0.179. The highest BCUT2D eigenvalue weighted by atomic mass is 35.5. The van der Waals surface area contributed by atoms with Gasteiger partial charge in [0.2, 0.25) is 0 Å². The zero-order valence-corrected chi connectivity index (χ0v) is 17.9. The van der Waals surface area contributed by atoms with Crippen LogP contribution in [0.3, 0.4) is 0 Å². The molecule has 0 atom stereocenters. The largest absolute Gasteiger partial charge is 0.450 e. The molecule has 0 N–H and O–H groups in total. The predicted octanol–water partition coefficient (Wildman–Crippen LogP) is 6.80. The lowest BCUT2D eigenvalue weighted by molar-refractivity contribution is -0.113. The Kier molecular flexibility index (Phi) is 5.64. The third-order valence-electron chi connectivity index (χ3n) is 3.98. The zero-order chi connectivity index (χ0) is 19.7. The van der Waals surface area contributed by atoms with E-state index < -0.39 is 0 Å². The SMILES string of the molecule is Cc1ccc(Sc2ccc(/C=C3/SC(=S)N(c4cccc(Cl)c4)C3=O)o2)cc1. The number of halogens is 1. The van der Waals surface area contributed by atoms with E-state index in [0.29, 0.717) is 25.7 Å². The molecule has 3 nitrogen and oxygen atoms in total. The molecule has 0 radical (unpaired) electrons. The van der Waals surface area contributed by atoms with E-state index in [0.717, 1.165) is 9.99 Å². The number of carbonyl (C=O) groups is 1. The van der Waals surface area contributed by atoms with Crippen LogP contribution in [0, 0.1) is 6.92 Å². The molecule has 7 heteroatoms. The second-order valence-corrected chi connectivity index (χ2v) is 9.26. The molecule has 1 aliphatic rings. The van der Waals surface area contributed by atoms with E-state index in [9.17, 15) is 4.79 Å². The van der Waals surface area contributed by atoms with E-state index in [2.05, 4.69) is 31.2 Å². The van der Waals surface area contributed by atoms with Crippen LogP contribution in [0.25, 0.3) is 6.08 Å². The molecule has 1 amide bonds. The number of amides is 1.